The number of likely N-dealkylation sites (tertiary alicyclic amines) is 1. The monoisotopic (exact) mass is 175 g/mol. The largest absolute Gasteiger partial charge is 0.395 e. The molecule has 0 spiro atoms. The van der Waals surface area contributed by atoms with Crippen molar-refractivity contribution in [1.82, 2.24) is 4.90 Å². The molecule has 1 aliphatic rings. The lowest BCUT2D eigenvalue weighted by molar-refractivity contribution is 0.0217. The average molecular weight is 175 g/mol. The van der Waals surface area contributed by atoms with Gasteiger partial charge in [-0.1, -0.05) is 6.92 Å². The van der Waals surface area contributed by atoms with E-state index in [0.29, 0.717) is 6.54 Å². The molecular weight excluding hydrogens is 158 g/mol. The third-order valence-electron chi connectivity index (χ3n) is 2.38. The van der Waals surface area contributed by atoms with Crippen LogP contribution in [0.5, 0.6) is 0 Å². The Morgan fingerprint density at radius 1 is 1.42 bits per heavy atom. The molecule has 0 radical (unpaired) electrons. The standard InChI is InChI=1S/C8H17NO3/c1-2-3-9-4-7(11)8(12)6(9)5-10/h6-8,10-12H,2-5H2,1H3/t6-,7-,8-/m1/s1. The van der Waals surface area contributed by atoms with Crippen LogP contribution in [0.3, 0.4) is 0 Å². The number of aliphatic hydroxyl groups is 3. The molecular formula is C8H17NO3. The summed E-state index contributed by atoms with van der Waals surface area (Å²) in [5, 5.41) is 27.6. The molecule has 3 atom stereocenters. The second-order valence-electron chi connectivity index (χ2n) is 3.30. The zero-order valence-corrected chi connectivity index (χ0v) is 7.35. The molecule has 1 saturated heterocycles. The lowest BCUT2D eigenvalue weighted by atomic mass is 10.1. The molecule has 1 rings (SSSR count). The van der Waals surface area contributed by atoms with Gasteiger partial charge in [0, 0.05) is 6.54 Å². The zero-order valence-electron chi connectivity index (χ0n) is 7.35. The molecule has 0 aromatic carbocycles. The van der Waals surface area contributed by atoms with Gasteiger partial charge in [-0.25, -0.2) is 0 Å². The van der Waals surface area contributed by atoms with E-state index in [0.717, 1.165) is 13.0 Å². The van der Waals surface area contributed by atoms with Gasteiger partial charge < -0.3 is 15.3 Å². The molecule has 1 fully saturated rings. The molecule has 0 saturated carbocycles. The van der Waals surface area contributed by atoms with Gasteiger partial charge in [0.1, 0.15) is 0 Å². The van der Waals surface area contributed by atoms with Crippen LogP contribution in [0.15, 0.2) is 0 Å². The summed E-state index contributed by atoms with van der Waals surface area (Å²) >= 11 is 0. The Morgan fingerprint density at radius 3 is 2.58 bits per heavy atom. The van der Waals surface area contributed by atoms with Crippen molar-refractivity contribution in [3.8, 4) is 0 Å². The fraction of sp³-hybridized carbons (Fsp3) is 1.00. The van der Waals surface area contributed by atoms with Gasteiger partial charge in [-0.3, -0.25) is 4.90 Å². The number of β-amino-alcohol motifs (C(OH)–C–C–N with tert-alkyl or cyclic N) is 1. The van der Waals surface area contributed by atoms with Crippen molar-refractivity contribution in [3.63, 3.8) is 0 Å². The minimum absolute atomic E-state index is 0.0851. The zero-order chi connectivity index (χ0) is 9.14. The van der Waals surface area contributed by atoms with Crippen LogP contribution in [0.2, 0.25) is 0 Å². The highest BCUT2D eigenvalue weighted by Gasteiger charge is 2.38. The van der Waals surface area contributed by atoms with Gasteiger partial charge in [0.05, 0.1) is 24.9 Å². The minimum atomic E-state index is -0.790. The molecule has 0 aliphatic carbocycles. The van der Waals surface area contributed by atoms with Crippen LogP contribution in [-0.4, -0.2) is 58.2 Å². The predicted molar refractivity (Wildman–Crippen MR) is 44.8 cm³/mol. The first kappa shape index (κ1) is 9.92. The maximum atomic E-state index is 9.40. The average Bonchev–Trinajstić information content (AvgIpc) is 2.29. The SMILES string of the molecule is CCCN1C[C@@H](O)[C@H](O)[C@H]1CO. The Bertz CT molecular complexity index is 142. The summed E-state index contributed by atoms with van der Waals surface area (Å²) in [7, 11) is 0. The van der Waals surface area contributed by atoms with Crippen LogP contribution in [0.1, 0.15) is 13.3 Å². The van der Waals surface area contributed by atoms with Crippen molar-refractivity contribution >= 4 is 0 Å². The quantitative estimate of drug-likeness (QED) is 0.504. The molecule has 4 heteroatoms. The first-order valence-corrected chi connectivity index (χ1v) is 4.41. The van der Waals surface area contributed by atoms with E-state index < -0.39 is 12.2 Å². The lowest BCUT2D eigenvalue weighted by Gasteiger charge is -2.22. The Labute approximate surface area is 72.4 Å². The predicted octanol–water partition coefficient (Wildman–Crippen LogP) is -1.21. The summed E-state index contributed by atoms with van der Waals surface area (Å²) in [5.41, 5.74) is 0. The molecule has 72 valence electrons. The highest BCUT2D eigenvalue weighted by Crippen LogP contribution is 2.18. The van der Waals surface area contributed by atoms with Gasteiger partial charge in [0.2, 0.25) is 0 Å². The molecule has 0 amide bonds. The van der Waals surface area contributed by atoms with E-state index >= 15 is 0 Å². The first-order valence-electron chi connectivity index (χ1n) is 4.41. The molecule has 4 nitrogen and oxygen atoms in total. The van der Waals surface area contributed by atoms with Gasteiger partial charge in [0.15, 0.2) is 0 Å². The van der Waals surface area contributed by atoms with Crippen molar-refractivity contribution in [2.75, 3.05) is 19.7 Å². The van der Waals surface area contributed by atoms with Crippen LogP contribution in [0.25, 0.3) is 0 Å². The van der Waals surface area contributed by atoms with Gasteiger partial charge in [0.25, 0.3) is 0 Å². The summed E-state index contributed by atoms with van der Waals surface area (Å²) in [5.74, 6) is 0. The summed E-state index contributed by atoms with van der Waals surface area (Å²) < 4.78 is 0. The van der Waals surface area contributed by atoms with Gasteiger partial charge in [-0.05, 0) is 13.0 Å². The van der Waals surface area contributed by atoms with Crippen molar-refractivity contribution in [2.24, 2.45) is 0 Å². The highest BCUT2D eigenvalue weighted by molar-refractivity contribution is 4.92. The fourth-order valence-electron chi connectivity index (χ4n) is 1.72. The van der Waals surface area contributed by atoms with Crippen LogP contribution in [-0.2, 0) is 0 Å². The number of hydrogen-bond acceptors (Lipinski definition) is 4. The van der Waals surface area contributed by atoms with E-state index in [-0.39, 0.29) is 12.6 Å². The summed E-state index contributed by atoms with van der Waals surface area (Å²) in [4.78, 5) is 1.93. The van der Waals surface area contributed by atoms with Crippen molar-refractivity contribution in [3.05, 3.63) is 0 Å². The Hall–Kier alpha value is -0.160. The molecule has 0 unspecified atom stereocenters. The third kappa shape index (κ3) is 1.77. The topological polar surface area (TPSA) is 63.9 Å². The van der Waals surface area contributed by atoms with Gasteiger partial charge in [-0.15, -0.1) is 0 Å². The number of hydrogen-bond donors (Lipinski definition) is 3. The molecule has 1 aliphatic heterocycles. The number of aliphatic hydroxyl groups excluding tert-OH is 3. The van der Waals surface area contributed by atoms with Crippen LogP contribution in [0, 0.1) is 0 Å². The van der Waals surface area contributed by atoms with E-state index in [9.17, 15) is 10.2 Å². The van der Waals surface area contributed by atoms with Gasteiger partial charge in [-0.2, -0.15) is 0 Å². The summed E-state index contributed by atoms with van der Waals surface area (Å²) in [6.07, 6.45) is -0.522. The van der Waals surface area contributed by atoms with E-state index in [1.807, 2.05) is 11.8 Å². The van der Waals surface area contributed by atoms with Crippen molar-refractivity contribution in [1.29, 1.82) is 0 Å². The molecule has 0 bridgehead atoms. The number of rotatable bonds is 3. The highest BCUT2D eigenvalue weighted by atomic mass is 16.3. The third-order valence-corrected chi connectivity index (χ3v) is 2.38. The molecule has 3 N–H and O–H groups in total. The summed E-state index contributed by atoms with van der Waals surface area (Å²) in [6.45, 7) is 3.24. The maximum Gasteiger partial charge on any atom is 0.0988 e. The lowest BCUT2D eigenvalue weighted by Crippen LogP contribution is -2.39. The Morgan fingerprint density at radius 2 is 2.08 bits per heavy atom. The smallest absolute Gasteiger partial charge is 0.0988 e. The second-order valence-corrected chi connectivity index (χ2v) is 3.30. The van der Waals surface area contributed by atoms with Crippen LogP contribution in [0.4, 0.5) is 0 Å². The molecule has 1 heterocycles. The van der Waals surface area contributed by atoms with Crippen LogP contribution >= 0.6 is 0 Å². The van der Waals surface area contributed by atoms with Crippen molar-refractivity contribution in [2.45, 2.75) is 31.6 Å². The molecule has 12 heavy (non-hydrogen) atoms. The van der Waals surface area contributed by atoms with E-state index in [4.69, 9.17) is 5.11 Å². The first-order chi connectivity index (χ1) is 5.70. The van der Waals surface area contributed by atoms with Crippen LogP contribution < -0.4 is 0 Å². The Kier molecular flexibility index (Phi) is 3.46. The molecule has 0 aromatic heterocycles. The Balaban J connectivity index is 2.52. The van der Waals surface area contributed by atoms with Gasteiger partial charge >= 0.3 is 0 Å². The molecule has 0 aromatic rings. The van der Waals surface area contributed by atoms with E-state index in [1.165, 1.54) is 0 Å². The van der Waals surface area contributed by atoms with E-state index in [1.54, 1.807) is 0 Å². The normalized spacial score (nSPS) is 37.5. The second kappa shape index (κ2) is 4.18. The van der Waals surface area contributed by atoms with Crippen molar-refractivity contribution < 1.29 is 15.3 Å². The fourth-order valence-corrected chi connectivity index (χ4v) is 1.72. The maximum absolute atomic E-state index is 9.40. The number of nitrogens with zero attached hydrogens (tertiary/aromatic N) is 1. The summed E-state index contributed by atoms with van der Waals surface area (Å²) in [6, 6.07) is -0.278. The van der Waals surface area contributed by atoms with E-state index in [2.05, 4.69) is 0 Å². The minimum Gasteiger partial charge on any atom is -0.395 e.